The van der Waals surface area contributed by atoms with Crippen molar-refractivity contribution in [2.75, 3.05) is 13.1 Å². The molecule has 3 aromatic heterocycles. The molecule has 0 aromatic carbocycles. The van der Waals surface area contributed by atoms with Gasteiger partial charge in [0.05, 0.1) is 27.7 Å². The minimum atomic E-state index is -0.698. The third-order valence-corrected chi connectivity index (χ3v) is 7.86. The van der Waals surface area contributed by atoms with E-state index in [1.165, 1.54) is 9.78 Å². The van der Waals surface area contributed by atoms with Crippen molar-refractivity contribution >= 4 is 40.2 Å². The Morgan fingerprint density at radius 1 is 1.26 bits per heavy atom. The standard InChI is InChI=1S/C25H30N6O3S/c1-15(2)31-21-18(14-27-31)17(13-19(28-21)20-8-7-16(3)35-20)22(32)26-11-6-12-30-23(33)25(29-24(30)34)9-4-5-10-25/h7-8,13-15H,4-6,9-12H2,1-3H3,(H,26,32)(H,29,34). The minimum Gasteiger partial charge on any atom is -0.352 e. The Bertz CT molecular complexity index is 1300. The van der Waals surface area contributed by atoms with E-state index in [9.17, 15) is 14.4 Å². The van der Waals surface area contributed by atoms with Gasteiger partial charge >= 0.3 is 6.03 Å². The highest BCUT2D eigenvalue weighted by Gasteiger charge is 2.52. The second-order valence-electron chi connectivity index (χ2n) is 9.67. The average Bonchev–Trinajstić information content (AvgIpc) is 3.60. The summed E-state index contributed by atoms with van der Waals surface area (Å²) in [6.45, 7) is 6.73. The van der Waals surface area contributed by atoms with Gasteiger partial charge in [0, 0.05) is 24.0 Å². The number of pyridine rings is 1. The number of imide groups is 1. The highest BCUT2D eigenvalue weighted by atomic mass is 32.1. The van der Waals surface area contributed by atoms with Crippen LogP contribution in [-0.4, -0.2) is 56.1 Å². The summed E-state index contributed by atoms with van der Waals surface area (Å²) < 4.78 is 1.83. The predicted molar refractivity (Wildman–Crippen MR) is 134 cm³/mol. The summed E-state index contributed by atoms with van der Waals surface area (Å²) >= 11 is 1.63. The number of urea groups is 1. The van der Waals surface area contributed by atoms with Gasteiger partial charge in [0.2, 0.25) is 0 Å². The summed E-state index contributed by atoms with van der Waals surface area (Å²) in [5.74, 6) is -0.348. The molecule has 184 valence electrons. The molecule has 4 amide bonds. The van der Waals surface area contributed by atoms with Crippen LogP contribution in [0.15, 0.2) is 24.4 Å². The Labute approximate surface area is 207 Å². The second kappa shape index (κ2) is 9.07. The zero-order valence-corrected chi connectivity index (χ0v) is 21.1. The van der Waals surface area contributed by atoms with E-state index in [2.05, 4.69) is 15.7 Å². The molecule has 0 bridgehead atoms. The lowest BCUT2D eigenvalue weighted by molar-refractivity contribution is -0.131. The van der Waals surface area contributed by atoms with Gasteiger partial charge in [-0.1, -0.05) is 12.8 Å². The number of aromatic nitrogens is 3. The summed E-state index contributed by atoms with van der Waals surface area (Å²) in [4.78, 5) is 46.7. The maximum absolute atomic E-state index is 13.2. The molecule has 1 spiro atoms. The fraction of sp³-hybridized carbons (Fsp3) is 0.480. The van der Waals surface area contributed by atoms with E-state index in [1.807, 2.05) is 43.7 Å². The Morgan fingerprint density at radius 2 is 2.03 bits per heavy atom. The maximum atomic E-state index is 13.2. The third kappa shape index (κ3) is 4.20. The van der Waals surface area contributed by atoms with Crippen LogP contribution in [-0.2, 0) is 4.79 Å². The summed E-state index contributed by atoms with van der Waals surface area (Å²) in [6.07, 6.45) is 5.50. The van der Waals surface area contributed by atoms with Crippen molar-refractivity contribution in [3.05, 3.63) is 34.8 Å². The van der Waals surface area contributed by atoms with Crippen molar-refractivity contribution in [3.8, 4) is 10.6 Å². The Balaban J connectivity index is 1.30. The molecular formula is C25H30N6O3S. The van der Waals surface area contributed by atoms with Gasteiger partial charge in [-0.2, -0.15) is 5.10 Å². The normalized spacial score (nSPS) is 17.2. The van der Waals surface area contributed by atoms with Crippen LogP contribution in [0.1, 0.15) is 67.2 Å². The average molecular weight is 495 g/mol. The summed E-state index contributed by atoms with van der Waals surface area (Å²) in [6, 6.07) is 5.65. The van der Waals surface area contributed by atoms with E-state index < -0.39 is 5.54 Å². The first-order valence-corrected chi connectivity index (χ1v) is 13.0. The summed E-state index contributed by atoms with van der Waals surface area (Å²) in [5.41, 5.74) is 1.23. The van der Waals surface area contributed by atoms with E-state index in [-0.39, 0.29) is 30.4 Å². The highest BCUT2D eigenvalue weighted by molar-refractivity contribution is 7.15. The number of fused-ring (bicyclic) bond motifs is 1. The van der Waals surface area contributed by atoms with Crippen LogP contribution < -0.4 is 10.6 Å². The maximum Gasteiger partial charge on any atom is 0.325 e. The largest absolute Gasteiger partial charge is 0.352 e. The molecule has 4 heterocycles. The molecule has 9 nitrogen and oxygen atoms in total. The number of thiophene rings is 1. The van der Waals surface area contributed by atoms with Crippen LogP contribution in [0.4, 0.5) is 4.79 Å². The quantitative estimate of drug-likeness (QED) is 0.381. The molecule has 2 fully saturated rings. The number of rotatable bonds is 7. The van der Waals surface area contributed by atoms with Crippen molar-refractivity contribution in [2.45, 2.75) is 64.5 Å². The molecule has 5 rings (SSSR count). The van der Waals surface area contributed by atoms with Gasteiger partial charge in [-0.3, -0.25) is 14.5 Å². The van der Waals surface area contributed by atoms with Gasteiger partial charge in [-0.05, 0) is 58.2 Å². The molecule has 0 atom stereocenters. The number of nitrogens with zero attached hydrogens (tertiary/aromatic N) is 4. The smallest absolute Gasteiger partial charge is 0.325 e. The van der Waals surface area contributed by atoms with Gasteiger partial charge in [0.1, 0.15) is 5.54 Å². The molecule has 1 aliphatic carbocycles. The Morgan fingerprint density at radius 3 is 2.71 bits per heavy atom. The first-order valence-electron chi connectivity index (χ1n) is 12.2. The van der Waals surface area contributed by atoms with Crippen molar-refractivity contribution < 1.29 is 14.4 Å². The molecule has 3 aromatic rings. The zero-order valence-electron chi connectivity index (χ0n) is 20.3. The molecule has 0 radical (unpaired) electrons. The third-order valence-electron chi connectivity index (χ3n) is 6.84. The van der Waals surface area contributed by atoms with Crippen LogP contribution in [0.2, 0.25) is 0 Å². The number of nitrogens with one attached hydrogen (secondary N) is 2. The Hall–Kier alpha value is -3.27. The lowest BCUT2D eigenvalue weighted by Crippen LogP contribution is -2.44. The number of carbonyl (C=O) groups excluding carboxylic acids is 3. The van der Waals surface area contributed by atoms with Crippen LogP contribution in [0.3, 0.4) is 0 Å². The fourth-order valence-electron chi connectivity index (χ4n) is 5.01. The van der Waals surface area contributed by atoms with Crippen LogP contribution in [0.25, 0.3) is 21.6 Å². The van der Waals surface area contributed by atoms with E-state index in [4.69, 9.17) is 4.98 Å². The molecule has 35 heavy (non-hydrogen) atoms. The van der Waals surface area contributed by atoms with E-state index in [0.717, 1.165) is 23.4 Å². The number of carbonyl (C=O) groups is 3. The molecule has 2 N–H and O–H groups in total. The van der Waals surface area contributed by atoms with Gasteiger partial charge in [-0.25, -0.2) is 14.5 Å². The van der Waals surface area contributed by atoms with Crippen LogP contribution in [0, 0.1) is 6.92 Å². The minimum absolute atomic E-state index is 0.100. The van der Waals surface area contributed by atoms with Crippen molar-refractivity contribution in [3.63, 3.8) is 0 Å². The lowest BCUT2D eigenvalue weighted by Gasteiger charge is -2.20. The van der Waals surface area contributed by atoms with Crippen molar-refractivity contribution in [1.82, 2.24) is 30.3 Å². The SMILES string of the molecule is Cc1ccc(-c2cc(C(=O)NCCCN3C(=O)NC4(CCCC4)C3=O)c3cnn(C(C)C)c3n2)s1. The summed E-state index contributed by atoms with van der Waals surface area (Å²) in [7, 11) is 0. The van der Waals surface area contributed by atoms with E-state index in [0.29, 0.717) is 42.4 Å². The molecule has 1 aliphatic heterocycles. The van der Waals surface area contributed by atoms with Gasteiger partial charge in [0.15, 0.2) is 5.65 Å². The van der Waals surface area contributed by atoms with Crippen molar-refractivity contribution in [1.29, 1.82) is 0 Å². The number of hydrogen-bond donors (Lipinski definition) is 2. The topological polar surface area (TPSA) is 109 Å². The molecule has 1 saturated carbocycles. The predicted octanol–water partition coefficient (Wildman–Crippen LogP) is 4.03. The number of hydrogen-bond acceptors (Lipinski definition) is 6. The van der Waals surface area contributed by atoms with E-state index >= 15 is 0 Å². The fourth-order valence-corrected chi connectivity index (χ4v) is 5.84. The monoisotopic (exact) mass is 494 g/mol. The van der Waals surface area contributed by atoms with Gasteiger partial charge in [0.25, 0.3) is 11.8 Å². The zero-order chi connectivity index (χ0) is 24.7. The molecule has 0 unspecified atom stereocenters. The lowest BCUT2D eigenvalue weighted by atomic mass is 9.98. The highest BCUT2D eigenvalue weighted by Crippen LogP contribution is 2.35. The molecule has 2 aliphatic rings. The molecule has 1 saturated heterocycles. The van der Waals surface area contributed by atoms with Crippen molar-refractivity contribution in [2.24, 2.45) is 0 Å². The van der Waals surface area contributed by atoms with Crippen LogP contribution >= 0.6 is 11.3 Å². The van der Waals surface area contributed by atoms with Gasteiger partial charge < -0.3 is 10.6 Å². The number of aryl methyl sites for hydroxylation is 1. The van der Waals surface area contributed by atoms with Gasteiger partial charge in [-0.15, -0.1) is 11.3 Å². The van der Waals surface area contributed by atoms with E-state index in [1.54, 1.807) is 17.5 Å². The first kappa shape index (κ1) is 23.5. The first-order chi connectivity index (χ1) is 16.8. The molecule has 10 heteroatoms. The molecular weight excluding hydrogens is 464 g/mol. The van der Waals surface area contributed by atoms with Crippen LogP contribution in [0.5, 0.6) is 0 Å². The second-order valence-corrected chi connectivity index (χ2v) is 11.0. The number of amides is 4. The summed E-state index contributed by atoms with van der Waals surface area (Å²) in [5, 5.41) is 11.0. The Kier molecular flexibility index (Phi) is 6.08.